The molecule has 5 rings (SSSR count). The van der Waals surface area contributed by atoms with E-state index in [1.807, 2.05) is 23.1 Å². The largest absolute Gasteiger partial charge is 0.371 e. The van der Waals surface area contributed by atoms with Crippen LogP contribution in [0.5, 0.6) is 0 Å². The number of anilines is 2. The highest BCUT2D eigenvalue weighted by Gasteiger charge is 2.27. The van der Waals surface area contributed by atoms with Crippen LogP contribution in [0.1, 0.15) is 52.0 Å². The van der Waals surface area contributed by atoms with Crippen molar-refractivity contribution in [2.75, 3.05) is 36.4 Å². The van der Waals surface area contributed by atoms with Gasteiger partial charge in [0.1, 0.15) is 0 Å². The third-order valence-corrected chi connectivity index (χ3v) is 7.76. The van der Waals surface area contributed by atoms with Gasteiger partial charge in [-0.1, -0.05) is 53.5 Å². The number of benzene rings is 3. The Morgan fingerprint density at radius 3 is 2.19 bits per heavy atom. The molecule has 0 unspecified atom stereocenters. The van der Waals surface area contributed by atoms with E-state index in [2.05, 4.69) is 40.5 Å². The fourth-order valence-corrected chi connectivity index (χ4v) is 5.89. The van der Waals surface area contributed by atoms with Crippen LogP contribution in [0, 0.1) is 5.92 Å². The van der Waals surface area contributed by atoms with Crippen molar-refractivity contribution in [3.63, 3.8) is 0 Å². The van der Waals surface area contributed by atoms with Gasteiger partial charge in [0.2, 0.25) is 0 Å². The van der Waals surface area contributed by atoms with E-state index in [-0.39, 0.29) is 11.8 Å². The molecule has 2 amide bonds. The monoisotopic (exact) mass is 535 g/mol. The summed E-state index contributed by atoms with van der Waals surface area (Å²) in [5, 5.41) is 3.71. The lowest BCUT2D eigenvalue weighted by molar-refractivity contribution is 0.0793. The molecule has 3 aromatic carbocycles. The second-order valence-corrected chi connectivity index (χ2v) is 10.8. The van der Waals surface area contributed by atoms with Gasteiger partial charge in [-0.3, -0.25) is 9.59 Å². The molecule has 0 spiro atoms. The Bertz CT molecular complexity index is 1250. The summed E-state index contributed by atoms with van der Waals surface area (Å²) < 4.78 is 0. The molecular weight excluding hydrogens is 505 g/mol. The molecule has 0 radical (unpaired) electrons. The number of hydrogen-bond acceptors (Lipinski definition) is 3. The zero-order chi connectivity index (χ0) is 25.8. The molecule has 7 heteroatoms. The van der Waals surface area contributed by atoms with Crippen LogP contribution in [-0.2, 0) is 6.42 Å². The Morgan fingerprint density at radius 1 is 0.838 bits per heavy atom. The van der Waals surface area contributed by atoms with Crippen LogP contribution >= 0.6 is 23.2 Å². The summed E-state index contributed by atoms with van der Waals surface area (Å²) in [5.74, 6) is 0.346. The van der Waals surface area contributed by atoms with Crippen molar-refractivity contribution in [1.29, 1.82) is 0 Å². The zero-order valence-electron chi connectivity index (χ0n) is 20.8. The highest BCUT2D eigenvalue weighted by atomic mass is 35.5. The summed E-state index contributed by atoms with van der Waals surface area (Å²) in [7, 11) is 0. The quantitative estimate of drug-likeness (QED) is 0.371. The van der Waals surface area contributed by atoms with E-state index in [9.17, 15) is 9.59 Å². The first-order chi connectivity index (χ1) is 18.0. The highest BCUT2D eigenvalue weighted by molar-refractivity contribution is 6.35. The number of amides is 2. The van der Waals surface area contributed by atoms with Gasteiger partial charge in [-0.25, -0.2) is 0 Å². The first-order valence-electron chi connectivity index (χ1n) is 13.0. The molecule has 0 saturated carbocycles. The number of rotatable bonds is 6. The number of nitrogens with zero attached hydrogens (tertiary/aromatic N) is 2. The molecule has 0 aliphatic carbocycles. The summed E-state index contributed by atoms with van der Waals surface area (Å²) in [5.41, 5.74) is 3.91. The Kier molecular flexibility index (Phi) is 8.02. The molecule has 5 nitrogen and oxygen atoms in total. The minimum Gasteiger partial charge on any atom is -0.371 e. The number of carbonyl (C=O) groups excluding carboxylic acids is 2. The van der Waals surface area contributed by atoms with Crippen LogP contribution in [0.15, 0.2) is 66.7 Å². The van der Waals surface area contributed by atoms with Crippen molar-refractivity contribution < 1.29 is 9.59 Å². The topological polar surface area (TPSA) is 52.7 Å². The van der Waals surface area contributed by atoms with Gasteiger partial charge in [-0.15, -0.1) is 0 Å². The average Bonchev–Trinajstić information content (AvgIpc) is 3.44. The van der Waals surface area contributed by atoms with Crippen molar-refractivity contribution in [2.45, 2.75) is 32.1 Å². The summed E-state index contributed by atoms with van der Waals surface area (Å²) in [6.45, 7) is 3.36. The van der Waals surface area contributed by atoms with Gasteiger partial charge in [0.05, 0.1) is 5.56 Å². The number of halogens is 2. The molecule has 0 bridgehead atoms. The van der Waals surface area contributed by atoms with E-state index in [0.717, 1.165) is 64.0 Å². The number of hydrogen-bond donors (Lipinski definition) is 1. The summed E-state index contributed by atoms with van der Waals surface area (Å²) in [6, 6.07) is 21.1. The molecule has 1 N–H and O–H groups in total. The molecule has 37 heavy (non-hydrogen) atoms. The van der Waals surface area contributed by atoms with Gasteiger partial charge >= 0.3 is 0 Å². The lowest BCUT2D eigenvalue weighted by Crippen LogP contribution is -2.36. The summed E-state index contributed by atoms with van der Waals surface area (Å²) in [4.78, 5) is 30.7. The van der Waals surface area contributed by atoms with E-state index in [4.69, 9.17) is 23.2 Å². The maximum Gasteiger partial charge on any atom is 0.256 e. The molecule has 2 heterocycles. The van der Waals surface area contributed by atoms with E-state index in [1.165, 1.54) is 5.56 Å². The van der Waals surface area contributed by atoms with Crippen molar-refractivity contribution in [2.24, 2.45) is 5.92 Å². The van der Waals surface area contributed by atoms with Gasteiger partial charge in [0, 0.05) is 53.2 Å². The number of nitrogens with one attached hydrogen (secondary N) is 1. The number of likely N-dealkylation sites (tertiary alicyclic amines) is 1. The van der Waals surface area contributed by atoms with Crippen molar-refractivity contribution in [3.8, 4) is 0 Å². The normalized spacial score (nSPS) is 16.2. The second-order valence-electron chi connectivity index (χ2n) is 9.96. The third kappa shape index (κ3) is 6.28. The van der Waals surface area contributed by atoms with Crippen molar-refractivity contribution in [3.05, 3.63) is 93.5 Å². The number of piperidine rings is 1. The second kappa shape index (κ2) is 11.6. The van der Waals surface area contributed by atoms with Crippen LogP contribution in [0.3, 0.4) is 0 Å². The first kappa shape index (κ1) is 25.6. The van der Waals surface area contributed by atoms with E-state index >= 15 is 0 Å². The lowest BCUT2D eigenvalue weighted by Gasteiger charge is -2.35. The molecule has 2 fully saturated rings. The Hall–Kier alpha value is -3.02. The average molecular weight is 537 g/mol. The van der Waals surface area contributed by atoms with Crippen LogP contribution < -0.4 is 10.2 Å². The minimum atomic E-state index is -0.321. The molecular formula is C30H31Cl2N3O2. The molecule has 2 saturated heterocycles. The smallest absolute Gasteiger partial charge is 0.256 e. The Morgan fingerprint density at radius 2 is 1.51 bits per heavy atom. The molecule has 0 atom stereocenters. The van der Waals surface area contributed by atoms with E-state index in [0.29, 0.717) is 32.8 Å². The Balaban J connectivity index is 1.34. The zero-order valence-corrected chi connectivity index (χ0v) is 22.3. The van der Waals surface area contributed by atoms with Gasteiger partial charge in [0.25, 0.3) is 11.8 Å². The highest BCUT2D eigenvalue weighted by Crippen LogP contribution is 2.32. The molecule has 192 valence electrons. The number of carbonyl (C=O) groups is 2. The van der Waals surface area contributed by atoms with E-state index < -0.39 is 0 Å². The molecule has 2 aliphatic heterocycles. The maximum absolute atomic E-state index is 13.6. The van der Waals surface area contributed by atoms with E-state index in [1.54, 1.807) is 18.2 Å². The van der Waals surface area contributed by atoms with Gasteiger partial charge in [-0.05, 0) is 80.0 Å². The third-order valence-electron chi connectivity index (χ3n) is 7.33. The van der Waals surface area contributed by atoms with Gasteiger partial charge in [0.15, 0.2) is 0 Å². The van der Waals surface area contributed by atoms with Crippen LogP contribution in [-0.4, -0.2) is 42.9 Å². The van der Waals surface area contributed by atoms with Crippen molar-refractivity contribution >= 4 is 46.4 Å². The SMILES string of the molecule is O=C(Nc1ccc(N2CCC(Cc3ccccc3)CC2)c(C(=O)N2CCCC2)c1)c1cc(Cl)cc(Cl)c1. The predicted molar refractivity (Wildman–Crippen MR) is 151 cm³/mol. The fraction of sp³-hybridized carbons (Fsp3) is 0.333. The standard InChI is InChI=1S/C30H31Cl2N3O2/c31-24-17-23(18-25(32)19-24)29(36)33-26-8-9-28(27(20-26)30(37)35-12-4-5-13-35)34-14-10-22(11-15-34)16-21-6-2-1-3-7-21/h1-3,6-9,17-20,22H,4-5,10-16H2,(H,33,36). The fourth-order valence-electron chi connectivity index (χ4n) is 5.37. The van der Waals surface area contributed by atoms with Crippen molar-refractivity contribution in [1.82, 2.24) is 4.90 Å². The minimum absolute atomic E-state index is 0.0285. The van der Waals surface area contributed by atoms with Crippen LogP contribution in [0.4, 0.5) is 11.4 Å². The summed E-state index contributed by atoms with van der Waals surface area (Å²) >= 11 is 12.2. The lowest BCUT2D eigenvalue weighted by atomic mass is 9.89. The predicted octanol–water partition coefficient (Wildman–Crippen LogP) is 6.94. The molecule has 3 aromatic rings. The van der Waals surface area contributed by atoms with Crippen LogP contribution in [0.2, 0.25) is 10.0 Å². The first-order valence-corrected chi connectivity index (χ1v) is 13.7. The Labute approximate surface area is 228 Å². The van der Waals surface area contributed by atoms with Gasteiger partial charge in [-0.2, -0.15) is 0 Å². The molecule has 2 aliphatic rings. The van der Waals surface area contributed by atoms with Gasteiger partial charge < -0.3 is 15.1 Å². The summed E-state index contributed by atoms with van der Waals surface area (Å²) in [6.07, 6.45) is 5.31. The van der Waals surface area contributed by atoms with Crippen LogP contribution in [0.25, 0.3) is 0 Å². The maximum atomic E-state index is 13.6. The molecule has 0 aromatic heterocycles.